The van der Waals surface area contributed by atoms with E-state index < -0.39 is 0 Å². The second kappa shape index (κ2) is 13.6. The van der Waals surface area contributed by atoms with Crippen molar-refractivity contribution in [3.05, 3.63) is 41.2 Å². The van der Waals surface area contributed by atoms with Crippen molar-refractivity contribution in [2.75, 3.05) is 58.4 Å². The van der Waals surface area contributed by atoms with Gasteiger partial charge in [0.1, 0.15) is 5.82 Å². The van der Waals surface area contributed by atoms with E-state index in [0.717, 1.165) is 62.0 Å². The Hall–Kier alpha value is -1.59. The third-order valence-electron chi connectivity index (χ3n) is 6.83. The Bertz CT molecular complexity index is 899. The summed E-state index contributed by atoms with van der Waals surface area (Å²) in [6.45, 7) is 3.25. The van der Waals surface area contributed by atoms with Gasteiger partial charge in [0.2, 0.25) is 5.91 Å². The van der Waals surface area contributed by atoms with Crippen LogP contribution in [0.15, 0.2) is 29.8 Å². The largest absolute Gasteiger partial charge is 0.354 e. The van der Waals surface area contributed by atoms with E-state index in [1.807, 2.05) is 0 Å². The molecular weight excluding hydrogens is 487 g/mol. The summed E-state index contributed by atoms with van der Waals surface area (Å²) >= 11 is 8.49. The second-order valence-electron chi connectivity index (χ2n) is 9.00. The van der Waals surface area contributed by atoms with Crippen LogP contribution in [0.3, 0.4) is 0 Å². The molecule has 7 nitrogen and oxygen atoms in total. The molecule has 2 amide bonds. The maximum Gasteiger partial charge on any atom is 0.274 e. The van der Waals surface area contributed by atoms with E-state index in [2.05, 4.69) is 40.4 Å². The van der Waals surface area contributed by atoms with Gasteiger partial charge in [0.15, 0.2) is 0 Å². The molecule has 2 heterocycles. The summed E-state index contributed by atoms with van der Waals surface area (Å²) < 4.78 is 13.6. The van der Waals surface area contributed by atoms with Gasteiger partial charge in [-0.1, -0.05) is 12.1 Å². The number of likely N-dealkylation sites (N-methyl/N-ethyl adjacent to an activating group) is 1. The van der Waals surface area contributed by atoms with Gasteiger partial charge in [-0.05, 0) is 55.5 Å². The Balaban J connectivity index is 1.73. The van der Waals surface area contributed by atoms with Crippen molar-refractivity contribution >= 4 is 42.6 Å². The Morgan fingerprint density at radius 2 is 1.91 bits per heavy atom. The number of benzene rings is 1. The van der Waals surface area contributed by atoms with Gasteiger partial charge >= 0.3 is 0 Å². The van der Waals surface area contributed by atoms with Crippen molar-refractivity contribution in [1.29, 1.82) is 0 Å². The van der Waals surface area contributed by atoms with Crippen LogP contribution in [0.2, 0.25) is 0 Å². The summed E-state index contributed by atoms with van der Waals surface area (Å²) in [5.41, 5.74) is 2.62. The van der Waals surface area contributed by atoms with Crippen LogP contribution in [0.5, 0.6) is 0 Å². The number of thiol groups is 2. The van der Waals surface area contributed by atoms with Gasteiger partial charge in [-0.25, -0.2) is 9.45 Å². The average Bonchev–Trinajstić information content (AvgIpc) is 3.12. The fourth-order valence-electron chi connectivity index (χ4n) is 5.14. The number of amides is 2. The second-order valence-corrected chi connectivity index (χ2v) is 9.89. The van der Waals surface area contributed by atoms with Crippen LogP contribution in [-0.2, 0) is 14.4 Å². The fourth-order valence-corrected chi connectivity index (χ4v) is 5.54. The van der Waals surface area contributed by atoms with Crippen LogP contribution in [0.25, 0.3) is 5.57 Å². The van der Waals surface area contributed by atoms with E-state index >= 15 is 0 Å². The summed E-state index contributed by atoms with van der Waals surface area (Å²) in [6, 6.07) is 6.74. The summed E-state index contributed by atoms with van der Waals surface area (Å²) in [4.78, 5) is 35.3. The Morgan fingerprint density at radius 3 is 2.57 bits per heavy atom. The predicted octanol–water partition coefficient (Wildman–Crippen LogP) is 2.50. The van der Waals surface area contributed by atoms with Gasteiger partial charge in [0.05, 0.1) is 13.7 Å². The van der Waals surface area contributed by atoms with E-state index in [-0.39, 0.29) is 23.7 Å². The number of carbonyl (C=O) groups is 2. The van der Waals surface area contributed by atoms with Gasteiger partial charge in [-0.15, -0.1) is 0 Å². The number of carbonyl (C=O) groups excluding carboxylic acids is 2. The van der Waals surface area contributed by atoms with Gasteiger partial charge in [-0.2, -0.15) is 25.3 Å². The molecule has 0 aromatic heterocycles. The lowest BCUT2D eigenvalue weighted by Crippen LogP contribution is -2.46. The summed E-state index contributed by atoms with van der Waals surface area (Å²) in [7, 11) is 3.10. The van der Waals surface area contributed by atoms with Crippen molar-refractivity contribution in [3.63, 3.8) is 0 Å². The molecule has 1 saturated heterocycles. The number of rotatable bonds is 13. The standard InChI is InChI=1S/C25H37FN4O3S2/c1-28(33-2)25(32)24-21(18-4-6-19(26)7-5-18)16-20-8-9-22(24)30(20)12-3-11-29(13-15-35)17-23(31)27-10-14-34/h4-7,20,22,34-35H,3,8-17H2,1-2H3,(H,27,31). The van der Waals surface area contributed by atoms with Crippen LogP contribution in [-0.4, -0.2) is 97.1 Å². The number of nitrogens with one attached hydrogen (secondary N) is 1. The topological polar surface area (TPSA) is 65.1 Å². The van der Waals surface area contributed by atoms with Crippen molar-refractivity contribution in [3.8, 4) is 0 Å². The van der Waals surface area contributed by atoms with Gasteiger partial charge < -0.3 is 5.32 Å². The molecule has 0 aliphatic carbocycles. The molecule has 0 saturated carbocycles. The van der Waals surface area contributed by atoms with Crippen LogP contribution in [0, 0.1) is 5.82 Å². The highest BCUT2D eigenvalue weighted by atomic mass is 32.1. The maximum atomic E-state index is 13.6. The maximum absolute atomic E-state index is 13.6. The molecule has 2 bridgehead atoms. The fraction of sp³-hybridized carbons (Fsp3) is 0.600. The lowest BCUT2D eigenvalue weighted by Gasteiger charge is -2.38. The van der Waals surface area contributed by atoms with Crippen molar-refractivity contribution in [2.45, 2.75) is 37.8 Å². The lowest BCUT2D eigenvalue weighted by molar-refractivity contribution is -0.164. The monoisotopic (exact) mass is 524 g/mol. The molecule has 3 rings (SSSR count). The van der Waals surface area contributed by atoms with Crippen molar-refractivity contribution in [2.24, 2.45) is 0 Å². The third-order valence-corrected chi connectivity index (χ3v) is 7.26. The van der Waals surface area contributed by atoms with Gasteiger partial charge in [0, 0.05) is 55.8 Å². The number of hydrogen-bond donors (Lipinski definition) is 3. The number of hydrogen-bond acceptors (Lipinski definition) is 7. The normalized spacial score (nSPS) is 19.9. The van der Waals surface area contributed by atoms with Gasteiger partial charge in [-0.3, -0.25) is 24.2 Å². The van der Waals surface area contributed by atoms with Crippen LogP contribution in [0.1, 0.15) is 31.2 Å². The average molecular weight is 525 g/mol. The molecule has 10 heteroatoms. The first-order valence-corrected chi connectivity index (χ1v) is 13.4. The Labute approximate surface area is 218 Å². The highest BCUT2D eigenvalue weighted by molar-refractivity contribution is 7.80. The molecule has 1 aromatic rings. The molecule has 2 unspecified atom stereocenters. The molecular formula is C25H37FN4O3S2. The summed E-state index contributed by atoms with van der Waals surface area (Å²) in [5.74, 6) is 0.853. The van der Waals surface area contributed by atoms with E-state index in [4.69, 9.17) is 4.84 Å². The molecule has 35 heavy (non-hydrogen) atoms. The number of halogens is 1. The molecule has 1 N–H and O–H groups in total. The van der Waals surface area contributed by atoms with E-state index in [1.165, 1.54) is 24.3 Å². The molecule has 2 atom stereocenters. The summed E-state index contributed by atoms with van der Waals surface area (Å²) in [5, 5.41) is 4.14. The van der Waals surface area contributed by atoms with Crippen LogP contribution < -0.4 is 5.32 Å². The molecule has 2 aliphatic rings. The minimum Gasteiger partial charge on any atom is -0.354 e. The van der Waals surface area contributed by atoms with Crippen molar-refractivity contribution in [1.82, 2.24) is 20.2 Å². The predicted molar refractivity (Wildman–Crippen MR) is 143 cm³/mol. The molecule has 0 spiro atoms. The zero-order chi connectivity index (χ0) is 25.4. The zero-order valence-corrected chi connectivity index (χ0v) is 22.4. The Kier molecular flexibility index (Phi) is 10.9. The Morgan fingerprint density at radius 1 is 1.17 bits per heavy atom. The quantitative estimate of drug-likeness (QED) is 0.273. The first-order valence-electron chi connectivity index (χ1n) is 12.2. The number of fused-ring (bicyclic) bond motifs is 2. The van der Waals surface area contributed by atoms with Crippen LogP contribution in [0.4, 0.5) is 4.39 Å². The third kappa shape index (κ3) is 7.22. The molecule has 194 valence electrons. The number of hydroxylamine groups is 2. The first kappa shape index (κ1) is 28.0. The highest BCUT2D eigenvalue weighted by Crippen LogP contribution is 2.43. The van der Waals surface area contributed by atoms with E-state index in [0.29, 0.717) is 30.6 Å². The smallest absolute Gasteiger partial charge is 0.274 e. The molecule has 1 aromatic carbocycles. The van der Waals surface area contributed by atoms with Gasteiger partial charge in [0.25, 0.3) is 5.91 Å². The zero-order valence-electron chi connectivity index (χ0n) is 20.6. The minimum atomic E-state index is -0.290. The highest BCUT2D eigenvalue weighted by Gasteiger charge is 2.44. The molecule has 0 radical (unpaired) electrons. The van der Waals surface area contributed by atoms with E-state index in [9.17, 15) is 14.0 Å². The number of nitrogens with zero attached hydrogens (tertiary/aromatic N) is 3. The first-order chi connectivity index (χ1) is 16.9. The van der Waals surface area contributed by atoms with Crippen molar-refractivity contribution < 1.29 is 18.8 Å². The lowest BCUT2D eigenvalue weighted by atomic mass is 9.87. The minimum absolute atomic E-state index is 0.00114. The van der Waals surface area contributed by atoms with E-state index in [1.54, 1.807) is 19.2 Å². The molecule has 1 fully saturated rings. The summed E-state index contributed by atoms with van der Waals surface area (Å²) in [6.07, 6.45) is 3.54. The molecule has 2 aliphatic heterocycles. The van der Waals surface area contributed by atoms with Crippen LogP contribution >= 0.6 is 25.3 Å². The SMILES string of the molecule is CON(C)C(=O)C1=C(c2ccc(F)cc2)CC2CCC1N2CCCN(CCS)CC(=O)NCCS.